The highest BCUT2D eigenvalue weighted by atomic mass is 35.5. The number of benzene rings is 1. The smallest absolute Gasteiger partial charge is 0.228 e. The van der Waals surface area contributed by atoms with E-state index in [1.165, 1.54) is 18.4 Å². The number of unbranched alkanes of at least 4 members (excludes halogenated alkanes) is 1. The van der Waals surface area contributed by atoms with Crippen LogP contribution in [0, 0.1) is 5.92 Å². The van der Waals surface area contributed by atoms with Gasteiger partial charge in [0.15, 0.2) is 0 Å². The summed E-state index contributed by atoms with van der Waals surface area (Å²) in [5.41, 5.74) is 2.22. The molecule has 27 heavy (non-hydrogen) atoms. The number of carbonyl (C=O) groups is 2. The lowest BCUT2D eigenvalue weighted by Crippen LogP contribution is -2.46. The summed E-state index contributed by atoms with van der Waals surface area (Å²) in [6.07, 6.45) is 5.75. The summed E-state index contributed by atoms with van der Waals surface area (Å²) in [6, 6.07) is 8.55. The van der Waals surface area contributed by atoms with E-state index in [9.17, 15) is 9.59 Å². The number of amides is 2. The van der Waals surface area contributed by atoms with E-state index in [0.717, 1.165) is 38.0 Å². The molecule has 0 saturated carbocycles. The van der Waals surface area contributed by atoms with E-state index < -0.39 is 0 Å². The van der Waals surface area contributed by atoms with Crippen LogP contribution in [0.2, 0.25) is 0 Å². The molecule has 0 radical (unpaired) electrons. The third-order valence-electron chi connectivity index (χ3n) is 5.75. The first-order valence-electron chi connectivity index (χ1n) is 9.97. The van der Waals surface area contributed by atoms with Crippen molar-refractivity contribution >= 4 is 29.9 Å². The molecule has 1 unspecified atom stereocenters. The SMILES string of the molecule is CCCCc1ccc(N2CC(C(=O)N(C)C3CCNCC3)CC2=O)cc1.Cl. The summed E-state index contributed by atoms with van der Waals surface area (Å²) < 4.78 is 0. The van der Waals surface area contributed by atoms with Gasteiger partial charge < -0.3 is 15.1 Å². The van der Waals surface area contributed by atoms with E-state index in [1.807, 2.05) is 24.1 Å². The Labute approximate surface area is 168 Å². The quantitative estimate of drug-likeness (QED) is 0.808. The molecule has 0 aromatic heterocycles. The van der Waals surface area contributed by atoms with Crippen molar-refractivity contribution in [1.29, 1.82) is 0 Å². The predicted octanol–water partition coefficient (Wildman–Crippen LogP) is 3.01. The largest absolute Gasteiger partial charge is 0.342 e. The van der Waals surface area contributed by atoms with E-state index in [-0.39, 0.29) is 30.1 Å². The molecule has 2 aliphatic rings. The number of anilines is 1. The zero-order valence-corrected chi connectivity index (χ0v) is 17.3. The molecule has 2 fully saturated rings. The maximum Gasteiger partial charge on any atom is 0.228 e. The zero-order valence-electron chi connectivity index (χ0n) is 16.4. The molecular weight excluding hydrogens is 362 g/mol. The summed E-state index contributed by atoms with van der Waals surface area (Å²) in [5, 5.41) is 3.33. The van der Waals surface area contributed by atoms with Gasteiger partial charge in [0.1, 0.15) is 0 Å². The van der Waals surface area contributed by atoms with Crippen LogP contribution in [0.1, 0.15) is 44.6 Å². The van der Waals surface area contributed by atoms with Crippen molar-refractivity contribution in [1.82, 2.24) is 10.2 Å². The van der Waals surface area contributed by atoms with Gasteiger partial charge in [-0.2, -0.15) is 0 Å². The van der Waals surface area contributed by atoms with Crippen LogP contribution < -0.4 is 10.2 Å². The monoisotopic (exact) mass is 393 g/mol. The number of nitrogens with one attached hydrogen (secondary N) is 1. The molecule has 0 bridgehead atoms. The van der Waals surface area contributed by atoms with Gasteiger partial charge in [-0.1, -0.05) is 25.5 Å². The van der Waals surface area contributed by atoms with Crippen LogP contribution in [0.25, 0.3) is 0 Å². The van der Waals surface area contributed by atoms with Crippen LogP contribution in [0.4, 0.5) is 5.69 Å². The van der Waals surface area contributed by atoms with Crippen LogP contribution in [0.3, 0.4) is 0 Å². The zero-order chi connectivity index (χ0) is 18.5. The Balaban J connectivity index is 0.00000261. The summed E-state index contributed by atoms with van der Waals surface area (Å²) in [5.74, 6) is -0.0437. The Kier molecular flexibility index (Phi) is 8.11. The lowest BCUT2D eigenvalue weighted by Gasteiger charge is -2.33. The lowest BCUT2D eigenvalue weighted by atomic mass is 10.0. The summed E-state index contributed by atoms with van der Waals surface area (Å²) in [6.45, 7) is 4.61. The van der Waals surface area contributed by atoms with E-state index >= 15 is 0 Å². The molecule has 1 N–H and O–H groups in total. The number of carbonyl (C=O) groups excluding carboxylic acids is 2. The van der Waals surface area contributed by atoms with Gasteiger partial charge in [0, 0.05) is 31.7 Å². The van der Waals surface area contributed by atoms with Crippen LogP contribution in [0.5, 0.6) is 0 Å². The van der Waals surface area contributed by atoms with Crippen molar-refractivity contribution in [3.8, 4) is 0 Å². The molecule has 2 heterocycles. The number of halogens is 1. The Morgan fingerprint density at radius 3 is 2.52 bits per heavy atom. The third kappa shape index (κ3) is 5.23. The van der Waals surface area contributed by atoms with E-state index in [0.29, 0.717) is 19.0 Å². The number of piperidine rings is 1. The molecule has 3 rings (SSSR count). The van der Waals surface area contributed by atoms with Gasteiger partial charge in [-0.3, -0.25) is 9.59 Å². The maximum atomic E-state index is 12.9. The van der Waals surface area contributed by atoms with Gasteiger partial charge >= 0.3 is 0 Å². The van der Waals surface area contributed by atoms with Crippen LogP contribution in [-0.4, -0.2) is 49.4 Å². The number of hydrogen-bond acceptors (Lipinski definition) is 3. The van der Waals surface area contributed by atoms with Crippen molar-refractivity contribution in [2.45, 2.75) is 51.5 Å². The predicted molar refractivity (Wildman–Crippen MR) is 111 cm³/mol. The Hall–Kier alpha value is -1.59. The van der Waals surface area contributed by atoms with Gasteiger partial charge in [-0.05, 0) is 56.5 Å². The Morgan fingerprint density at radius 2 is 1.89 bits per heavy atom. The van der Waals surface area contributed by atoms with E-state index in [4.69, 9.17) is 0 Å². The Bertz CT molecular complexity index is 629. The summed E-state index contributed by atoms with van der Waals surface area (Å²) >= 11 is 0. The van der Waals surface area contributed by atoms with Crippen LogP contribution in [-0.2, 0) is 16.0 Å². The standard InChI is InChI=1S/C21H31N3O2.ClH/c1-3-4-5-16-6-8-19(9-7-16)24-15-17(14-20(24)25)21(26)23(2)18-10-12-22-13-11-18;/h6-9,17-18,22H,3-5,10-15H2,1-2H3;1H. The molecule has 2 amide bonds. The minimum absolute atomic E-state index is 0. The first-order chi connectivity index (χ1) is 12.6. The van der Waals surface area contributed by atoms with Crippen LogP contribution in [0.15, 0.2) is 24.3 Å². The second kappa shape index (κ2) is 10.1. The topological polar surface area (TPSA) is 52.7 Å². The highest BCUT2D eigenvalue weighted by Gasteiger charge is 2.37. The molecule has 1 atom stereocenters. The van der Waals surface area contributed by atoms with Crippen molar-refractivity contribution < 1.29 is 9.59 Å². The van der Waals surface area contributed by atoms with Gasteiger partial charge in [0.2, 0.25) is 11.8 Å². The van der Waals surface area contributed by atoms with Gasteiger partial charge in [0.05, 0.1) is 5.92 Å². The van der Waals surface area contributed by atoms with Crippen molar-refractivity contribution in [3.05, 3.63) is 29.8 Å². The number of aryl methyl sites for hydroxylation is 1. The highest BCUT2D eigenvalue weighted by molar-refractivity contribution is 6.00. The fraction of sp³-hybridized carbons (Fsp3) is 0.619. The first-order valence-corrected chi connectivity index (χ1v) is 9.97. The minimum Gasteiger partial charge on any atom is -0.342 e. The number of rotatable bonds is 6. The fourth-order valence-electron chi connectivity index (χ4n) is 4.01. The summed E-state index contributed by atoms with van der Waals surface area (Å²) in [4.78, 5) is 29.0. The van der Waals surface area contributed by atoms with E-state index in [1.54, 1.807) is 4.90 Å². The van der Waals surface area contributed by atoms with Crippen molar-refractivity contribution in [2.75, 3.05) is 31.6 Å². The second-order valence-corrected chi connectivity index (χ2v) is 7.61. The molecule has 2 saturated heterocycles. The lowest BCUT2D eigenvalue weighted by molar-refractivity contribution is -0.137. The average Bonchev–Trinajstić information content (AvgIpc) is 3.08. The first kappa shape index (κ1) is 21.7. The third-order valence-corrected chi connectivity index (χ3v) is 5.75. The molecule has 2 aliphatic heterocycles. The summed E-state index contributed by atoms with van der Waals surface area (Å²) in [7, 11) is 1.90. The van der Waals surface area contributed by atoms with Crippen molar-refractivity contribution in [3.63, 3.8) is 0 Å². The second-order valence-electron chi connectivity index (χ2n) is 7.61. The molecular formula is C21H32ClN3O2. The molecule has 5 nitrogen and oxygen atoms in total. The highest BCUT2D eigenvalue weighted by Crippen LogP contribution is 2.27. The molecule has 0 spiro atoms. The number of nitrogens with zero attached hydrogens (tertiary/aromatic N) is 2. The Morgan fingerprint density at radius 1 is 1.22 bits per heavy atom. The molecule has 1 aromatic carbocycles. The van der Waals surface area contributed by atoms with Crippen LogP contribution >= 0.6 is 12.4 Å². The van der Waals surface area contributed by atoms with E-state index in [2.05, 4.69) is 24.4 Å². The minimum atomic E-state index is -0.220. The van der Waals surface area contributed by atoms with Crippen molar-refractivity contribution in [2.24, 2.45) is 5.92 Å². The maximum absolute atomic E-state index is 12.9. The molecule has 1 aromatic rings. The van der Waals surface area contributed by atoms with Gasteiger partial charge in [-0.25, -0.2) is 0 Å². The molecule has 0 aliphatic carbocycles. The fourth-order valence-corrected chi connectivity index (χ4v) is 4.01. The normalized spacial score (nSPS) is 20.4. The molecule has 6 heteroatoms. The average molecular weight is 394 g/mol. The van der Waals surface area contributed by atoms with Gasteiger partial charge in [-0.15, -0.1) is 12.4 Å². The van der Waals surface area contributed by atoms with Gasteiger partial charge in [0.25, 0.3) is 0 Å². The number of hydrogen-bond donors (Lipinski definition) is 1. The molecule has 150 valence electrons.